The molecule has 0 saturated carbocycles. The van der Waals surface area contributed by atoms with E-state index in [0.29, 0.717) is 0 Å². The van der Waals surface area contributed by atoms with Gasteiger partial charge in [-0.2, -0.15) is 0 Å². The summed E-state index contributed by atoms with van der Waals surface area (Å²) in [4.78, 5) is 2.42. The maximum atomic E-state index is 2.45. The Morgan fingerprint density at radius 2 is 0.906 bits per heavy atom. The van der Waals surface area contributed by atoms with Crippen molar-refractivity contribution in [3.63, 3.8) is 0 Å². The van der Waals surface area contributed by atoms with Crippen molar-refractivity contribution in [2.75, 3.05) is 4.90 Å². The van der Waals surface area contributed by atoms with Crippen molar-refractivity contribution in [2.45, 2.75) is 38.5 Å². The topological polar surface area (TPSA) is 3.24 Å². The number of hydrogen-bond donors (Lipinski definition) is 0. The van der Waals surface area contributed by atoms with Gasteiger partial charge in [0.15, 0.2) is 0 Å². The first-order valence-electron chi connectivity index (χ1n) is 18.8. The molecule has 9 aromatic rings. The second kappa shape index (κ2) is 10.7. The summed E-state index contributed by atoms with van der Waals surface area (Å²) in [5, 5.41) is 10.4. The number of fused-ring (bicyclic) bond motifs is 12. The van der Waals surface area contributed by atoms with Gasteiger partial charge >= 0.3 is 0 Å². The third-order valence-electron chi connectivity index (χ3n) is 12.5. The van der Waals surface area contributed by atoms with Crippen LogP contribution >= 0.6 is 0 Å². The van der Waals surface area contributed by atoms with Crippen LogP contribution in [0.4, 0.5) is 17.1 Å². The first-order chi connectivity index (χ1) is 25.8. The van der Waals surface area contributed by atoms with Crippen molar-refractivity contribution in [3.8, 4) is 22.3 Å². The van der Waals surface area contributed by atoms with Crippen LogP contribution in [0, 0.1) is 0 Å². The molecule has 0 heterocycles. The summed E-state index contributed by atoms with van der Waals surface area (Å²) in [6.07, 6.45) is 0. The zero-order valence-electron chi connectivity index (χ0n) is 30.5. The van der Waals surface area contributed by atoms with Crippen molar-refractivity contribution in [1.82, 2.24) is 0 Å². The second-order valence-electron chi connectivity index (χ2n) is 16.2. The van der Waals surface area contributed by atoms with Gasteiger partial charge in [0.1, 0.15) is 0 Å². The molecular formula is C52H39N. The number of nitrogens with zero attached hydrogens (tertiary/aromatic N) is 1. The maximum Gasteiger partial charge on any atom is 0.0468 e. The molecule has 0 bridgehead atoms. The van der Waals surface area contributed by atoms with Crippen LogP contribution in [0.1, 0.15) is 49.9 Å². The first-order valence-corrected chi connectivity index (χ1v) is 18.8. The summed E-state index contributed by atoms with van der Waals surface area (Å²) in [5.74, 6) is 0. The molecule has 0 unspecified atom stereocenters. The van der Waals surface area contributed by atoms with E-state index in [1.165, 1.54) is 87.6 Å². The lowest BCUT2D eigenvalue weighted by Gasteiger charge is -2.27. The van der Waals surface area contributed by atoms with Crippen molar-refractivity contribution in [1.29, 1.82) is 0 Å². The Morgan fingerprint density at radius 3 is 1.66 bits per heavy atom. The number of benzene rings is 9. The van der Waals surface area contributed by atoms with Gasteiger partial charge in [0.05, 0.1) is 0 Å². The van der Waals surface area contributed by atoms with Gasteiger partial charge < -0.3 is 4.90 Å². The highest BCUT2D eigenvalue weighted by atomic mass is 15.1. The van der Waals surface area contributed by atoms with Crippen molar-refractivity contribution < 1.29 is 0 Å². The van der Waals surface area contributed by atoms with E-state index in [2.05, 4.69) is 196 Å². The first kappa shape index (κ1) is 30.4. The lowest BCUT2D eigenvalue weighted by Crippen LogP contribution is -2.15. The molecular weight excluding hydrogens is 639 g/mol. The highest BCUT2D eigenvalue weighted by molar-refractivity contribution is 6.08. The highest BCUT2D eigenvalue weighted by Crippen LogP contribution is 2.55. The molecule has 1 heteroatoms. The molecule has 9 aromatic carbocycles. The minimum absolute atomic E-state index is 0.0870. The summed E-state index contributed by atoms with van der Waals surface area (Å²) in [6.45, 7) is 9.55. The Bertz CT molecular complexity index is 3000. The lowest BCUT2D eigenvalue weighted by molar-refractivity contribution is 0.662. The zero-order chi connectivity index (χ0) is 35.6. The van der Waals surface area contributed by atoms with Crippen LogP contribution in [0.15, 0.2) is 164 Å². The fraction of sp³-hybridized carbons (Fsp3) is 0.115. The number of anilines is 3. The van der Waals surface area contributed by atoms with Gasteiger partial charge in [-0.25, -0.2) is 0 Å². The van der Waals surface area contributed by atoms with Gasteiger partial charge in [0.2, 0.25) is 0 Å². The standard InChI is InChI=1S/C52H39N/c1-51(2)47-30-34-14-9-8-13-33(34)28-44(47)45-29-35-18-21-39(27-37(35)31-48(45)51)53(38-15-6-5-7-16-38)40-22-24-42-36(26-40)19-23-43-49-41-17-11-10-12-32(41)20-25-46(49)52(3,4)50(42)43/h5-31H,1-4H3. The van der Waals surface area contributed by atoms with E-state index in [9.17, 15) is 0 Å². The zero-order valence-corrected chi connectivity index (χ0v) is 30.5. The predicted molar refractivity (Wildman–Crippen MR) is 226 cm³/mol. The normalized spacial score (nSPS) is 14.7. The Hall–Kier alpha value is -6.18. The van der Waals surface area contributed by atoms with Gasteiger partial charge in [-0.15, -0.1) is 0 Å². The van der Waals surface area contributed by atoms with Gasteiger partial charge in [-0.3, -0.25) is 0 Å². The van der Waals surface area contributed by atoms with E-state index < -0.39 is 0 Å². The van der Waals surface area contributed by atoms with Crippen LogP contribution in [-0.2, 0) is 10.8 Å². The molecule has 0 saturated heterocycles. The Morgan fingerprint density at radius 1 is 0.340 bits per heavy atom. The average Bonchev–Trinajstić information content (AvgIpc) is 3.55. The third-order valence-corrected chi connectivity index (χ3v) is 12.5. The van der Waals surface area contributed by atoms with E-state index in [0.717, 1.165) is 17.1 Å². The summed E-state index contributed by atoms with van der Waals surface area (Å²) in [7, 11) is 0. The largest absolute Gasteiger partial charge is 0.310 e. The van der Waals surface area contributed by atoms with Crippen LogP contribution in [0.5, 0.6) is 0 Å². The van der Waals surface area contributed by atoms with E-state index in [1.807, 2.05) is 0 Å². The highest BCUT2D eigenvalue weighted by Gasteiger charge is 2.38. The van der Waals surface area contributed by atoms with Crippen LogP contribution in [0.25, 0.3) is 65.3 Å². The molecule has 0 fully saturated rings. The minimum Gasteiger partial charge on any atom is -0.310 e. The molecule has 0 aliphatic heterocycles. The quantitative estimate of drug-likeness (QED) is 0.180. The summed E-state index contributed by atoms with van der Waals surface area (Å²) in [5.41, 5.74) is 14.4. The van der Waals surface area contributed by atoms with E-state index in [1.54, 1.807) is 0 Å². The number of hydrogen-bond acceptors (Lipinski definition) is 1. The van der Waals surface area contributed by atoms with Crippen LogP contribution in [0.3, 0.4) is 0 Å². The maximum absolute atomic E-state index is 2.45. The molecule has 0 aromatic heterocycles. The molecule has 0 amide bonds. The smallest absolute Gasteiger partial charge is 0.0468 e. The second-order valence-corrected chi connectivity index (χ2v) is 16.2. The summed E-state index contributed by atoms with van der Waals surface area (Å²) in [6, 6.07) is 61.5. The predicted octanol–water partition coefficient (Wildman–Crippen LogP) is 14.4. The molecule has 0 spiro atoms. The van der Waals surface area contributed by atoms with Crippen LogP contribution in [-0.4, -0.2) is 0 Å². The Balaban J connectivity index is 1.06. The van der Waals surface area contributed by atoms with Gasteiger partial charge in [-0.05, 0) is 148 Å². The Kier molecular flexibility index (Phi) is 6.14. The van der Waals surface area contributed by atoms with Crippen LogP contribution < -0.4 is 4.90 Å². The molecule has 2 aliphatic carbocycles. The molecule has 2 aliphatic rings. The summed E-state index contributed by atoms with van der Waals surface area (Å²) >= 11 is 0. The third kappa shape index (κ3) is 4.25. The number of rotatable bonds is 3. The lowest BCUT2D eigenvalue weighted by atomic mass is 9.80. The molecule has 0 radical (unpaired) electrons. The fourth-order valence-electron chi connectivity index (χ4n) is 9.87. The molecule has 0 atom stereocenters. The fourth-order valence-corrected chi connectivity index (χ4v) is 9.87. The van der Waals surface area contributed by atoms with Gasteiger partial charge in [0, 0.05) is 27.9 Å². The molecule has 11 rings (SSSR count). The Labute approximate surface area is 310 Å². The van der Waals surface area contributed by atoms with Gasteiger partial charge in [-0.1, -0.05) is 131 Å². The molecule has 1 nitrogen and oxygen atoms in total. The SMILES string of the molecule is CC1(C)c2cc3ccccc3cc2-c2cc3ccc(N(c4ccccc4)c4ccc5c6c(ccc5c4)-c4c(ccc5ccccc45)C6(C)C)cc3cc21. The molecule has 252 valence electrons. The van der Waals surface area contributed by atoms with E-state index in [4.69, 9.17) is 0 Å². The monoisotopic (exact) mass is 677 g/mol. The number of para-hydroxylation sites is 1. The van der Waals surface area contributed by atoms with Crippen molar-refractivity contribution >= 4 is 60.2 Å². The minimum atomic E-state index is -0.104. The summed E-state index contributed by atoms with van der Waals surface area (Å²) < 4.78 is 0. The van der Waals surface area contributed by atoms with E-state index >= 15 is 0 Å². The average molecular weight is 678 g/mol. The molecule has 0 N–H and O–H groups in total. The van der Waals surface area contributed by atoms with Crippen molar-refractivity contribution in [3.05, 3.63) is 186 Å². The van der Waals surface area contributed by atoms with Gasteiger partial charge in [0.25, 0.3) is 0 Å². The van der Waals surface area contributed by atoms with Crippen LogP contribution in [0.2, 0.25) is 0 Å². The van der Waals surface area contributed by atoms with Crippen molar-refractivity contribution in [2.24, 2.45) is 0 Å². The molecule has 53 heavy (non-hydrogen) atoms. The van der Waals surface area contributed by atoms with E-state index in [-0.39, 0.29) is 10.8 Å².